The van der Waals surface area contributed by atoms with E-state index >= 15 is 0 Å². The Balaban J connectivity index is 2.12. The predicted octanol–water partition coefficient (Wildman–Crippen LogP) is 3.84. The van der Waals surface area contributed by atoms with Gasteiger partial charge in [-0.2, -0.15) is 0 Å². The molecule has 0 aromatic heterocycles. The lowest BCUT2D eigenvalue weighted by atomic mass is 10.0. The van der Waals surface area contributed by atoms with Gasteiger partial charge in [-0.3, -0.25) is 0 Å². The summed E-state index contributed by atoms with van der Waals surface area (Å²) in [6, 6.07) is 12.8. The fraction of sp³-hybridized carbons (Fsp3) is 0.375. The van der Waals surface area contributed by atoms with Crippen LogP contribution in [0.15, 0.2) is 36.4 Å². The minimum absolute atomic E-state index is 0.964. The number of hydrogen-bond acceptors (Lipinski definition) is 2. The third kappa shape index (κ3) is 1.92. The molecule has 0 saturated carbocycles. The largest absolute Gasteiger partial charge is 0.496 e. The molecular weight excluding hydrogens is 222 g/mol. The van der Waals surface area contributed by atoms with Gasteiger partial charge in [0.1, 0.15) is 5.75 Å². The van der Waals surface area contributed by atoms with Crippen molar-refractivity contribution in [1.29, 1.82) is 0 Å². The Hall–Kier alpha value is -1.70. The number of ether oxygens (including phenoxy) is 1. The maximum Gasteiger partial charge on any atom is 0.126 e. The molecule has 3 rings (SSSR count). The van der Waals surface area contributed by atoms with Gasteiger partial charge in [-0.05, 0) is 31.4 Å². The van der Waals surface area contributed by atoms with Crippen LogP contribution in [-0.2, 0) is 0 Å². The number of methoxy groups -OCH3 is 1. The molecule has 18 heavy (non-hydrogen) atoms. The highest BCUT2D eigenvalue weighted by atomic mass is 16.5. The van der Waals surface area contributed by atoms with Crippen LogP contribution >= 0.6 is 0 Å². The van der Waals surface area contributed by atoms with Crippen molar-refractivity contribution in [2.45, 2.75) is 19.3 Å². The standard InChI is InChI=1S/C16H19NO/c1-18-16-10-9-15(17-11-5-2-6-12-17)13-7-3-4-8-14(13)16/h3-4,7-10H,2,5-6,11-12H2,1H3. The lowest BCUT2D eigenvalue weighted by Crippen LogP contribution is -2.29. The number of anilines is 1. The second-order valence-corrected chi connectivity index (χ2v) is 4.88. The van der Waals surface area contributed by atoms with E-state index in [-0.39, 0.29) is 0 Å². The van der Waals surface area contributed by atoms with E-state index in [0.717, 1.165) is 5.75 Å². The summed E-state index contributed by atoms with van der Waals surface area (Å²) in [7, 11) is 1.74. The van der Waals surface area contributed by atoms with Gasteiger partial charge in [0.15, 0.2) is 0 Å². The van der Waals surface area contributed by atoms with Crippen molar-refractivity contribution in [3.8, 4) is 5.75 Å². The average molecular weight is 241 g/mol. The van der Waals surface area contributed by atoms with Crippen LogP contribution in [0.3, 0.4) is 0 Å². The molecule has 1 aliphatic heterocycles. The number of piperidine rings is 1. The monoisotopic (exact) mass is 241 g/mol. The van der Waals surface area contributed by atoms with E-state index in [4.69, 9.17) is 4.74 Å². The molecule has 1 fully saturated rings. The van der Waals surface area contributed by atoms with E-state index in [2.05, 4.69) is 41.3 Å². The fourth-order valence-corrected chi connectivity index (χ4v) is 2.84. The van der Waals surface area contributed by atoms with Gasteiger partial charge in [0.2, 0.25) is 0 Å². The third-order valence-electron chi connectivity index (χ3n) is 3.78. The Kier molecular flexibility index (Phi) is 3.09. The van der Waals surface area contributed by atoms with E-state index in [0.29, 0.717) is 0 Å². The van der Waals surface area contributed by atoms with Crippen LogP contribution in [0.25, 0.3) is 10.8 Å². The van der Waals surface area contributed by atoms with Crippen LogP contribution in [0.2, 0.25) is 0 Å². The molecule has 0 atom stereocenters. The summed E-state index contributed by atoms with van der Waals surface area (Å²) in [5, 5.41) is 2.52. The molecule has 94 valence electrons. The van der Waals surface area contributed by atoms with Crippen LogP contribution in [0, 0.1) is 0 Å². The predicted molar refractivity (Wildman–Crippen MR) is 76.6 cm³/mol. The van der Waals surface area contributed by atoms with Crippen molar-refractivity contribution >= 4 is 16.5 Å². The maximum atomic E-state index is 5.45. The quantitative estimate of drug-likeness (QED) is 0.792. The molecule has 0 amide bonds. The average Bonchev–Trinajstić information content (AvgIpc) is 2.47. The first kappa shape index (κ1) is 11.4. The molecule has 2 nitrogen and oxygen atoms in total. The van der Waals surface area contributed by atoms with Crippen molar-refractivity contribution < 1.29 is 4.74 Å². The summed E-state index contributed by atoms with van der Waals surface area (Å²) >= 11 is 0. The Morgan fingerprint density at radius 2 is 1.61 bits per heavy atom. The lowest BCUT2D eigenvalue weighted by Gasteiger charge is -2.30. The van der Waals surface area contributed by atoms with E-state index in [9.17, 15) is 0 Å². The Morgan fingerprint density at radius 1 is 0.889 bits per heavy atom. The van der Waals surface area contributed by atoms with E-state index < -0.39 is 0 Å². The summed E-state index contributed by atoms with van der Waals surface area (Å²) < 4.78 is 5.45. The molecule has 0 bridgehead atoms. The first-order chi connectivity index (χ1) is 8.90. The fourth-order valence-electron chi connectivity index (χ4n) is 2.84. The molecule has 2 heteroatoms. The van der Waals surface area contributed by atoms with Crippen molar-refractivity contribution in [1.82, 2.24) is 0 Å². The minimum atomic E-state index is 0.964. The van der Waals surface area contributed by atoms with Crippen molar-refractivity contribution in [3.63, 3.8) is 0 Å². The molecular formula is C16H19NO. The van der Waals surface area contributed by atoms with Gasteiger partial charge in [-0.25, -0.2) is 0 Å². The molecule has 2 aromatic rings. The van der Waals surface area contributed by atoms with E-state index in [1.807, 2.05) is 0 Å². The highest BCUT2D eigenvalue weighted by Gasteiger charge is 2.14. The molecule has 0 spiro atoms. The summed E-state index contributed by atoms with van der Waals surface area (Å²) in [4.78, 5) is 2.51. The van der Waals surface area contributed by atoms with Gasteiger partial charge in [0, 0.05) is 29.5 Å². The second kappa shape index (κ2) is 4.89. The normalized spacial score (nSPS) is 15.9. The summed E-state index contributed by atoms with van der Waals surface area (Å²) in [6.07, 6.45) is 3.98. The van der Waals surface area contributed by atoms with E-state index in [1.54, 1.807) is 7.11 Å². The zero-order valence-corrected chi connectivity index (χ0v) is 10.9. The maximum absolute atomic E-state index is 5.45. The number of fused-ring (bicyclic) bond motifs is 1. The second-order valence-electron chi connectivity index (χ2n) is 4.88. The molecule has 1 saturated heterocycles. The molecule has 1 aliphatic rings. The Morgan fingerprint density at radius 3 is 2.33 bits per heavy atom. The van der Waals surface area contributed by atoms with Gasteiger partial charge in [0.05, 0.1) is 7.11 Å². The summed E-state index contributed by atoms with van der Waals surface area (Å²) in [5.74, 6) is 0.964. The Labute approximate surface area is 108 Å². The minimum Gasteiger partial charge on any atom is -0.496 e. The molecule has 0 aliphatic carbocycles. The van der Waals surface area contributed by atoms with Crippen molar-refractivity contribution in [3.05, 3.63) is 36.4 Å². The van der Waals surface area contributed by atoms with Crippen LogP contribution in [-0.4, -0.2) is 20.2 Å². The highest BCUT2D eigenvalue weighted by Crippen LogP contribution is 2.34. The number of benzene rings is 2. The van der Waals surface area contributed by atoms with Gasteiger partial charge < -0.3 is 9.64 Å². The topological polar surface area (TPSA) is 12.5 Å². The first-order valence-corrected chi connectivity index (χ1v) is 6.71. The van der Waals surface area contributed by atoms with E-state index in [1.165, 1.54) is 48.8 Å². The third-order valence-corrected chi connectivity index (χ3v) is 3.78. The van der Waals surface area contributed by atoms with Crippen LogP contribution in [0.4, 0.5) is 5.69 Å². The number of rotatable bonds is 2. The number of nitrogens with zero attached hydrogens (tertiary/aromatic N) is 1. The smallest absolute Gasteiger partial charge is 0.126 e. The lowest BCUT2D eigenvalue weighted by molar-refractivity contribution is 0.420. The van der Waals surface area contributed by atoms with Crippen molar-refractivity contribution in [2.24, 2.45) is 0 Å². The zero-order chi connectivity index (χ0) is 12.4. The Bertz CT molecular complexity index is 544. The summed E-state index contributed by atoms with van der Waals surface area (Å²) in [5.41, 5.74) is 1.35. The first-order valence-electron chi connectivity index (χ1n) is 6.71. The zero-order valence-electron chi connectivity index (χ0n) is 10.9. The molecule has 2 aromatic carbocycles. The summed E-state index contributed by atoms with van der Waals surface area (Å²) in [6.45, 7) is 2.35. The molecule has 0 unspecified atom stereocenters. The highest BCUT2D eigenvalue weighted by molar-refractivity contribution is 5.98. The van der Waals surface area contributed by atoms with Gasteiger partial charge >= 0.3 is 0 Å². The molecule has 1 heterocycles. The van der Waals surface area contributed by atoms with Crippen LogP contribution in [0.5, 0.6) is 5.75 Å². The van der Waals surface area contributed by atoms with Gasteiger partial charge in [0.25, 0.3) is 0 Å². The van der Waals surface area contributed by atoms with Crippen LogP contribution < -0.4 is 9.64 Å². The van der Waals surface area contributed by atoms with Gasteiger partial charge in [-0.1, -0.05) is 24.3 Å². The number of hydrogen-bond donors (Lipinski definition) is 0. The van der Waals surface area contributed by atoms with Crippen LogP contribution in [0.1, 0.15) is 19.3 Å². The van der Waals surface area contributed by atoms with Crippen molar-refractivity contribution in [2.75, 3.05) is 25.1 Å². The SMILES string of the molecule is COc1ccc(N2CCCCC2)c2ccccc12. The molecule has 0 N–H and O–H groups in total. The molecule has 0 radical (unpaired) electrons. The van der Waals surface area contributed by atoms with Gasteiger partial charge in [-0.15, -0.1) is 0 Å².